The molecular weight excluding hydrogens is 370 g/mol. The molecule has 0 bridgehead atoms. The third-order valence-electron chi connectivity index (χ3n) is 2.96. The number of phenols is 1. The van der Waals surface area contributed by atoms with Crippen LogP contribution in [-0.4, -0.2) is 5.11 Å². The minimum atomic E-state index is 0.356. The molecule has 0 aliphatic rings. The quantitative estimate of drug-likeness (QED) is 0.767. The van der Waals surface area contributed by atoms with E-state index in [1.165, 1.54) is 5.56 Å². The Morgan fingerprint density at radius 3 is 2.37 bits per heavy atom. The Bertz CT molecular complexity index is 588. The molecule has 4 heteroatoms. The second kappa shape index (κ2) is 5.97. The van der Waals surface area contributed by atoms with E-state index in [9.17, 15) is 5.11 Å². The highest BCUT2D eigenvalue weighted by atomic mass is 79.9. The Hall–Kier alpha value is -1.00. The molecule has 0 aliphatic carbocycles. The van der Waals surface area contributed by atoms with Crippen molar-refractivity contribution in [1.82, 2.24) is 0 Å². The first-order chi connectivity index (χ1) is 8.99. The van der Waals surface area contributed by atoms with Crippen molar-refractivity contribution in [2.75, 3.05) is 5.32 Å². The summed E-state index contributed by atoms with van der Waals surface area (Å²) < 4.78 is 2.01. The lowest BCUT2D eigenvalue weighted by Crippen LogP contribution is -2.02. The highest BCUT2D eigenvalue weighted by Gasteiger charge is 2.08. The van der Waals surface area contributed by atoms with Crippen molar-refractivity contribution < 1.29 is 5.11 Å². The van der Waals surface area contributed by atoms with Gasteiger partial charge in [0.25, 0.3) is 0 Å². The van der Waals surface area contributed by atoms with Gasteiger partial charge in [-0.1, -0.05) is 18.2 Å². The summed E-state index contributed by atoms with van der Waals surface area (Å²) >= 11 is 7.10. The van der Waals surface area contributed by atoms with Crippen LogP contribution in [-0.2, 0) is 6.54 Å². The predicted octanol–water partition coefficient (Wildman–Crippen LogP) is 5.15. The monoisotopic (exact) mass is 383 g/mol. The van der Waals surface area contributed by atoms with Gasteiger partial charge in [-0.15, -0.1) is 0 Å². The first-order valence-electron chi connectivity index (χ1n) is 5.96. The number of hydrogen-bond acceptors (Lipinski definition) is 2. The maximum absolute atomic E-state index is 9.99. The lowest BCUT2D eigenvalue weighted by atomic mass is 10.1. The lowest BCUT2D eigenvalue weighted by Gasteiger charge is -2.13. The van der Waals surface area contributed by atoms with Crippen LogP contribution in [0.4, 0.5) is 5.69 Å². The number of halogens is 2. The maximum Gasteiger partial charge on any atom is 0.123 e. The van der Waals surface area contributed by atoms with E-state index >= 15 is 0 Å². The molecule has 0 spiro atoms. The smallest absolute Gasteiger partial charge is 0.123 e. The largest absolute Gasteiger partial charge is 0.507 e. The van der Waals surface area contributed by atoms with E-state index in [4.69, 9.17) is 0 Å². The Morgan fingerprint density at radius 1 is 1.11 bits per heavy atom. The molecule has 0 amide bonds. The molecule has 0 aromatic heterocycles. The Labute approximate surface area is 130 Å². The van der Waals surface area contributed by atoms with Crippen LogP contribution in [0.3, 0.4) is 0 Å². The third-order valence-corrected chi connectivity index (χ3v) is 4.21. The number of benzene rings is 2. The molecule has 0 atom stereocenters. The highest BCUT2D eigenvalue weighted by Crippen LogP contribution is 2.33. The fraction of sp³-hybridized carbons (Fsp3) is 0.200. The normalized spacial score (nSPS) is 10.5. The average molecular weight is 385 g/mol. The first kappa shape index (κ1) is 14.4. The van der Waals surface area contributed by atoms with Crippen molar-refractivity contribution in [1.29, 1.82) is 0 Å². The zero-order valence-electron chi connectivity index (χ0n) is 10.8. The minimum Gasteiger partial charge on any atom is -0.507 e. The molecule has 2 nitrogen and oxygen atoms in total. The molecule has 100 valence electrons. The van der Waals surface area contributed by atoms with Crippen LogP contribution >= 0.6 is 31.9 Å². The summed E-state index contributed by atoms with van der Waals surface area (Å²) in [4.78, 5) is 0. The number of para-hydroxylation sites is 1. The van der Waals surface area contributed by atoms with Crippen LogP contribution in [0.5, 0.6) is 5.75 Å². The summed E-state index contributed by atoms with van der Waals surface area (Å²) in [6.07, 6.45) is 0. The van der Waals surface area contributed by atoms with Gasteiger partial charge < -0.3 is 10.4 Å². The molecule has 0 saturated heterocycles. The molecule has 0 aliphatic heterocycles. The second-order valence-electron chi connectivity index (χ2n) is 4.54. The highest BCUT2D eigenvalue weighted by molar-refractivity contribution is 9.11. The van der Waals surface area contributed by atoms with Crippen molar-refractivity contribution in [3.8, 4) is 5.75 Å². The summed E-state index contributed by atoms with van der Waals surface area (Å²) in [5, 5.41) is 13.3. The number of aryl methyl sites for hydroxylation is 2. The van der Waals surface area contributed by atoms with Gasteiger partial charge in [0, 0.05) is 21.1 Å². The molecule has 2 aromatic rings. The van der Waals surface area contributed by atoms with Crippen molar-refractivity contribution in [2.45, 2.75) is 20.4 Å². The van der Waals surface area contributed by atoms with Gasteiger partial charge >= 0.3 is 0 Å². The zero-order chi connectivity index (χ0) is 14.0. The van der Waals surface area contributed by atoms with Crippen molar-refractivity contribution in [3.05, 3.63) is 56.0 Å². The van der Waals surface area contributed by atoms with E-state index in [0.29, 0.717) is 12.3 Å². The van der Waals surface area contributed by atoms with E-state index in [-0.39, 0.29) is 0 Å². The van der Waals surface area contributed by atoms with Crippen LogP contribution in [0.1, 0.15) is 16.7 Å². The number of hydrogen-bond donors (Lipinski definition) is 2. The van der Waals surface area contributed by atoms with Crippen LogP contribution in [0.2, 0.25) is 0 Å². The first-order valence-corrected chi connectivity index (χ1v) is 7.54. The van der Waals surface area contributed by atoms with Gasteiger partial charge in [-0.3, -0.25) is 0 Å². The van der Waals surface area contributed by atoms with Gasteiger partial charge in [0.2, 0.25) is 0 Å². The average Bonchev–Trinajstić information content (AvgIpc) is 2.33. The Balaban J connectivity index is 2.22. The molecule has 0 saturated carbocycles. The van der Waals surface area contributed by atoms with Crippen molar-refractivity contribution in [3.63, 3.8) is 0 Å². The molecule has 2 aromatic carbocycles. The molecule has 19 heavy (non-hydrogen) atoms. The summed E-state index contributed by atoms with van der Waals surface area (Å²) in [6.45, 7) is 4.52. The molecule has 0 fully saturated rings. The summed E-state index contributed by atoms with van der Waals surface area (Å²) in [6, 6.07) is 9.89. The molecule has 2 rings (SSSR count). The van der Waals surface area contributed by atoms with Gasteiger partial charge in [-0.05, 0) is 69.0 Å². The fourth-order valence-electron chi connectivity index (χ4n) is 1.91. The standard InChI is InChI=1S/C15H15Br2NO/c1-9-6-12(16)14(13(17)7-9)18-8-11-5-3-4-10(2)15(11)19/h3-7,18-19H,8H2,1-2H3. The number of anilines is 1. The zero-order valence-corrected chi connectivity index (χ0v) is 14.0. The van der Waals surface area contributed by atoms with E-state index in [1.54, 1.807) is 0 Å². The SMILES string of the molecule is Cc1cc(Br)c(NCc2cccc(C)c2O)c(Br)c1. The Morgan fingerprint density at radius 2 is 1.74 bits per heavy atom. The minimum absolute atomic E-state index is 0.356. The number of aromatic hydroxyl groups is 1. The second-order valence-corrected chi connectivity index (χ2v) is 6.25. The number of phenolic OH excluding ortho intramolecular Hbond substituents is 1. The van der Waals surface area contributed by atoms with Gasteiger partial charge in [0.15, 0.2) is 0 Å². The molecule has 2 N–H and O–H groups in total. The lowest BCUT2D eigenvalue weighted by molar-refractivity contribution is 0.465. The van der Waals surface area contributed by atoms with Crippen LogP contribution in [0.25, 0.3) is 0 Å². The van der Waals surface area contributed by atoms with Gasteiger partial charge in [0.05, 0.1) is 5.69 Å². The maximum atomic E-state index is 9.99. The van der Waals surface area contributed by atoms with E-state index in [1.807, 2.05) is 32.0 Å². The molecule has 0 radical (unpaired) electrons. The molecule has 0 heterocycles. The topological polar surface area (TPSA) is 32.3 Å². The predicted molar refractivity (Wildman–Crippen MR) is 86.7 cm³/mol. The third kappa shape index (κ3) is 3.31. The number of rotatable bonds is 3. The van der Waals surface area contributed by atoms with E-state index < -0.39 is 0 Å². The van der Waals surface area contributed by atoms with Crippen LogP contribution in [0.15, 0.2) is 39.3 Å². The van der Waals surface area contributed by atoms with Crippen LogP contribution < -0.4 is 5.32 Å². The summed E-state index contributed by atoms with van der Waals surface area (Å²) in [5.41, 5.74) is 3.95. The summed E-state index contributed by atoms with van der Waals surface area (Å²) in [5.74, 6) is 0.356. The molecular formula is C15H15Br2NO. The Kier molecular flexibility index (Phi) is 4.53. The van der Waals surface area contributed by atoms with Gasteiger partial charge in [-0.25, -0.2) is 0 Å². The summed E-state index contributed by atoms with van der Waals surface area (Å²) in [7, 11) is 0. The van der Waals surface area contributed by atoms with Gasteiger partial charge in [0.1, 0.15) is 5.75 Å². The number of nitrogens with one attached hydrogen (secondary N) is 1. The van der Waals surface area contributed by atoms with Crippen LogP contribution in [0, 0.1) is 13.8 Å². The fourth-order valence-corrected chi connectivity index (χ4v) is 3.61. The van der Waals surface area contributed by atoms with E-state index in [0.717, 1.165) is 25.8 Å². The van der Waals surface area contributed by atoms with Crippen molar-refractivity contribution >= 4 is 37.5 Å². The van der Waals surface area contributed by atoms with Crippen molar-refractivity contribution in [2.24, 2.45) is 0 Å². The molecule has 0 unspecified atom stereocenters. The van der Waals surface area contributed by atoms with Gasteiger partial charge in [-0.2, -0.15) is 0 Å². The van der Waals surface area contributed by atoms with E-state index in [2.05, 4.69) is 49.3 Å².